The van der Waals surface area contributed by atoms with Gasteiger partial charge in [0.1, 0.15) is 5.60 Å². The van der Waals surface area contributed by atoms with Crippen molar-refractivity contribution in [3.63, 3.8) is 0 Å². The number of Topliss-reactive ketones (excluding diaryl/α,β-unsaturated/α-hetero) is 1. The molecule has 0 bridgehead atoms. The lowest BCUT2D eigenvalue weighted by Gasteiger charge is -2.28. The van der Waals surface area contributed by atoms with Gasteiger partial charge in [-0.15, -0.1) is 0 Å². The minimum atomic E-state index is -0.583. The van der Waals surface area contributed by atoms with Crippen LogP contribution in [0.3, 0.4) is 0 Å². The summed E-state index contributed by atoms with van der Waals surface area (Å²) in [6.07, 6.45) is -0.519. The number of hydrogen-bond donors (Lipinski definition) is 1. The number of carbonyl (C=O) groups excluding carboxylic acids is 2. The van der Waals surface area contributed by atoms with E-state index in [1.165, 1.54) is 11.9 Å². The van der Waals surface area contributed by atoms with Gasteiger partial charge < -0.3 is 15.4 Å². The zero-order valence-electron chi connectivity index (χ0n) is 10.9. The highest BCUT2D eigenvalue weighted by Gasteiger charge is 2.27. The van der Waals surface area contributed by atoms with Gasteiger partial charge in [-0.05, 0) is 34.6 Å². The highest BCUT2D eigenvalue weighted by atomic mass is 16.6. The second-order valence-corrected chi connectivity index (χ2v) is 4.96. The van der Waals surface area contributed by atoms with Gasteiger partial charge in [0.05, 0.1) is 12.1 Å². The molecule has 0 aromatic carbocycles. The predicted octanol–water partition coefficient (Wildman–Crippen LogP) is 1.16. The van der Waals surface area contributed by atoms with Crippen molar-refractivity contribution in [1.29, 1.82) is 0 Å². The Hall–Kier alpha value is -1.10. The Morgan fingerprint density at radius 2 is 1.69 bits per heavy atom. The summed E-state index contributed by atoms with van der Waals surface area (Å²) in [4.78, 5) is 24.5. The smallest absolute Gasteiger partial charge is 0.410 e. The van der Waals surface area contributed by atoms with Crippen molar-refractivity contribution >= 4 is 11.9 Å². The third-order valence-electron chi connectivity index (χ3n) is 2.12. The molecule has 0 spiro atoms. The Morgan fingerprint density at radius 1 is 1.25 bits per heavy atom. The summed E-state index contributed by atoms with van der Waals surface area (Å²) in [5, 5.41) is 0. The molecule has 0 heterocycles. The van der Waals surface area contributed by atoms with Crippen molar-refractivity contribution in [3.05, 3.63) is 0 Å². The van der Waals surface area contributed by atoms with E-state index in [1.807, 2.05) is 0 Å². The monoisotopic (exact) mass is 230 g/mol. The van der Waals surface area contributed by atoms with Gasteiger partial charge in [0.15, 0.2) is 5.78 Å². The molecule has 5 nitrogen and oxygen atoms in total. The number of ether oxygens (including phenoxy) is 1. The van der Waals surface area contributed by atoms with Gasteiger partial charge in [0.25, 0.3) is 0 Å². The molecule has 0 aromatic rings. The molecule has 16 heavy (non-hydrogen) atoms. The van der Waals surface area contributed by atoms with Crippen LogP contribution in [0.2, 0.25) is 0 Å². The maximum Gasteiger partial charge on any atom is 0.410 e. The number of hydrogen-bond acceptors (Lipinski definition) is 4. The molecule has 2 atom stereocenters. The average Bonchev–Trinajstić information content (AvgIpc) is 2.11. The minimum absolute atomic E-state index is 0.187. The van der Waals surface area contributed by atoms with Gasteiger partial charge in [-0.1, -0.05) is 0 Å². The summed E-state index contributed by atoms with van der Waals surface area (Å²) in [7, 11) is 1.53. The molecule has 2 N–H and O–H groups in total. The molecule has 0 aromatic heterocycles. The fourth-order valence-corrected chi connectivity index (χ4v) is 1.06. The Labute approximate surface area is 96.9 Å². The van der Waals surface area contributed by atoms with E-state index in [0.717, 1.165) is 0 Å². The third kappa shape index (κ3) is 4.61. The molecule has 94 valence electrons. The zero-order chi connectivity index (χ0) is 13.1. The maximum absolute atomic E-state index is 11.6. The summed E-state index contributed by atoms with van der Waals surface area (Å²) in [5.74, 6) is -0.187. The van der Waals surface area contributed by atoms with Crippen molar-refractivity contribution in [2.45, 2.75) is 52.3 Å². The van der Waals surface area contributed by atoms with Crippen LogP contribution in [0.5, 0.6) is 0 Å². The summed E-state index contributed by atoms with van der Waals surface area (Å²) < 4.78 is 5.14. The van der Waals surface area contributed by atoms with E-state index in [9.17, 15) is 9.59 Å². The van der Waals surface area contributed by atoms with Crippen LogP contribution in [0.15, 0.2) is 0 Å². The van der Waals surface area contributed by atoms with E-state index in [4.69, 9.17) is 10.5 Å². The molecule has 0 aliphatic heterocycles. The second kappa shape index (κ2) is 5.30. The van der Waals surface area contributed by atoms with Crippen molar-refractivity contribution in [2.75, 3.05) is 7.05 Å². The third-order valence-corrected chi connectivity index (χ3v) is 2.12. The molecule has 1 amide bonds. The highest BCUT2D eigenvalue weighted by molar-refractivity contribution is 5.90. The molecule has 5 heteroatoms. The van der Waals surface area contributed by atoms with E-state index in [1.54, 1.807) is 34.6 Å². The maximum atomic E-state index is 11.6. The molecule has 0 aliphatic rings. The van der Waals surface area contributed by atoms with Crippen LogP contribution in [-0.2, 0) is 9.53 Å². The van der Waals surface area contributed by atoms with E-state index in [0.29, 0.717) is 0 Å². The Balaban J connectivity index is 4.50. The van der Waals surface area contributed by atoms with Crippen LogP contribution >= 0.6 is 0 Å². The minimum Gasteiger partial charge on any atom is -0.444 e. The molecule has 0 aliphatic carbocycles. The lowest BCUT2D eigenvalue weighted by Crippen LogP contribution is -2.47. The Kier molecular flexibility index (Phi) is 4.93. The number of ketones is 1. The fourth-order valence-electron chi connectivity index (χ4n) is 1.06. The predicted molar refractivity (Wildman–Crippen MR) is 62.1 cm³/mol. The lowest BCUT2D eigenvalue weighted by atomic mass is 10.1. The van der Waals surface area contributed by atoms with Crippen molar-refractivity contribution < 1.29 is 14.3 Å². The van der Waals surface area contributed by atoms with Crippen LogP contribution in [0.25, 0.3) is 0 Å². The number of carbonyl (C=O) groups is 2. The zero-order valence-corrected chi connectivity index (χ0v) is 10.9. The number of nitrogens with zero attached hydrogens (tertiary/aromatic N) is 1. The summed E-state index contributed by atoms with van der Waals surface area (Å²) in [6, 6.07) is -1.16. The van der Waals surface area contributed by atoms with Gasteiger partial charge in [-0.2, -0.15) is 0 Å². The van der Waals surface area contributed by atoms with E-state index < -0.39 is 23.8 Å². The fraction of sp³-hybridized carbons (Fsp3) is 0.818. The molecule has 0 saturated carbocycles. The van der Waals surface area contributed by atoms with E-state index >= 15 is 0 Å². The SMILES string of the molecule is CC(N)C(=O)C(C)N(C)C(=O)OC(C)(C)C. The first-order valence-corrected chi connectivity index (χ1v) is 5.31. The van der Waals surface area contributed by atoms with Crippen molar-refractivity contribution in [1.82, 2.24) is 4.90 Å². The molecule has 0 rings (SSSR count). The quantitative estimate of drug-likeness (QED) is 0.789. The molecule has 0 saturated heterocycles. The topological polar surface area (TPSA) is 72.6 Å². The van der Waals surface area contributed by atoms with Crippen LogP contribution in [-0.4, -0.2) is 41.5 Å². The summed E-state index contributed by atoms with van der Waals surface area (Å²) in [5.41, 5.74) is 4.91. The van der Waals surface area contributed by atoms with Crippen molar-refractivity contribution in [2.24, 2.45) is 5.73 Å². The number of nitrogens with two attached hydrogens (primary N) is 1. The number of likely N-dealkylation sites (N-methyl/N-ethyl adjacent to an activating group) is 1. The first-order chi connectivity index (χ1) is 7.06. The van der Waals surface area contributed by atoms with Crippen molar-refractivity contribution in [3.8, 4) is 0 Å². The first-order valence-electron chi connectivity index (χ1n) is 5.31. The van der Waals surface area contributed by atoms with Gasteiger partial charge in [0, 0.05) is 7.05 Å². The van der Waals surface area contributed by atoms with Crippen LogP contribution < -0.4 is 5.73 Å². The summed E-state index contributed by atoms with van der Waals surface area (Å²) in [6.45, 7) is 8.56. The summed E-state index contributed by atoms with van der Waals surface area (Å²) >= 11 is 0. The highest BCUT2D eigenvalue weighted by Crippen LogP contribution is 2.11. The molecular weight excluding hydrogens is 208 g/mol. The van der Waals surface area contributed by atoms with Gasteiger partial charge in [-0.3, -0.25) is 4.79 Å². The first kappa shape index (κ1) is 14.9. The largest absolute Gasteiger partial charge is 0.444 e. The standard InChI is InChI=1S/C11H22N2O3/c1-7(12)9(14)8(2)13(6)10(15)16-11(3,4)5/h7-8H,12H2,1-6H3. The van der Waals surface area contributed by atoms with Gasteiger partial charge in [-0.25, -0.2) is 4.79 Å². The lowest BCUT2D eigenvalue weighted by molar-refractivity contribution is -0.124. The number of rotatable bonds is 3. The Bertz CT molecular complexity index is 269. The molecule has 0 fully saturated rings. The number of amides is 1. The molecule has 0 radical (unpaired) electrons. The second-order valence-electron chi connectivity index (χ2n) is 4.96. The normalized spacial score (nSPS) is 15.2. The molecule has 2 unspecified atom stereocenters. The van der Waals surface area contributed by atoms with E-state index in [-0.39, 0.29) is 5.78 Å². The average molecular weight is 230 g/mol. The molecular formula is C11H22N2O3. The van der Waals surface area contributed by atoms with Crippen LogP contribution in [0.4, 0.5) is 4.79 Å². The van der Waals surface area contributed by atoms with Crippen LogP contribution in [0, 0.1) is 0 Å². The van der Waals surface area contributed by atoms with E-state index in [2.05, 4.69) is 0 Å². The van der Waals surface area contributed by atoms with Crippen LogP contribution in [0.1, 0.15) is 34.6 Å². The van der Waals surface area contributed by atoms with Gasteiger partial charge in [0.2, 0.25) is 0 Å². The van der Waals surface area contributed by atoms with Gasteiger partial charge >= 0.3 is 6.09 Å². The Morgan fingerprint density at radius 3 is 2.00 bits per heavy atom.